The third-order valence-corrected chi connectivity index (χ3v) is 5.79. The summed E-state index contributed by atoms with van der Waals surface area (Å²) in [5.41, 5.74) is -0.139. The summed E-state index contributed by atoms with van der Waals surface area (Å²) in [5, 5.41) is 12.9. The Morgan fingerprint density at radius 1 is 1.25 bits per heavy atom. The fourth-order valence-electron chi connectivity index (χ4n) is 2.13. The number of nitrogens with zero attached hydrogens (tertiary/aromatic N) is 3. The molecular formula is C16H18N4O2S2. The van der Waals surface area contributed by atoms with Crippen LogP contribution in [0.1, 0.15) is 32.2 Å². The van der Waals surface area contributed by atoms with Gasteiger partial charge in [0.25, 0.3) is 5.56 Å². The second-order valence-electron chi connectivity index (χ2n) is 6.46. The van der Waals surface area contributed by atoms with Gasteiger partial charge in [0.05, 0.1) is 10.1 Å². The normalized spacial score (nSPS) is 11.8. The Morgan fingerprint density at radius 3 is 2.67 bits per heavy atom. The van der Waals surface area contributed by atoms with Crippen molar-refractivity contribution in [2.45, 2.75) is 39.2 Å². The van der Waals surface area contributed by atoms with Crippen molar-refractivity contribution in [3.8, 4) is 0 Å². The Hall–Kier alpha value is -2.06. The van der Waals surface area contributed by atoms with E-state index in [1.165, 1.54) is 22.9 Å². The van der Waals surface area contributed by atoms with Gasteiger partial charge in [-0.05, 0) is 12.1 Å². The first kappa shape index (κ1) is 16.8. The molecule has 2 aromatic heterocycles. The van der Waals surface area contributed by atoms with Crippen LogP contribution in [-0.2, 0) is 16.8 Å². The van der Waals surface area contributed by atoms with Crippen LogP contribution in [0.3, 0.4) is 0 Å². The van der Waals surface area contributed by atoms with Crippen LogP contribution in [0.25, 0.3) is 10.1 Å². The maximum atomic E-state index is 12.2. The first-order valence-corrected chi connectivity index (χ1v) is 9.16. The van der Waals surface area contributed by atoms with Crippen molar-refractivity contribution < 1.29 is 4.79 Å². The molecule has 0 aliphatic carbocycles. The highest BCUT2D eigenvalue weighted by Crippen LogP contribution is 2.27. The van der Waals surface area contributed by atoms with E-state index in [1.807, 2.05) is 39.0 Å². The van der Waals surface area contributed by atoms with E-state index in [9.17, 15) is 9.59 Å². The number of benzene rings is 1. The number of fused-ring (bicyclic) bond motifs is 1. The molecule has 3 aromatic rings. The standard InChI is InChI=1S/C16H18N4O2S2/c1-16(2,3)14-18-19-15(23-14)17-12(21)8-9-20-13(22)10-6-4-5-7-11(10)24-20/h4-7H,8-9H2,1-3H3,(H,17,19,21). The molecule has 1 amide bonds. The lowest BCUT2D eigenvalue weighted by atomic mass is 9.98. The minimum atomic E-state index is -0.170. The van der Waals surface area contributed by atoms with Gasteiger partial charge >= 0.3 is 0 Å². The smallest absolute Gasteiger partial charge is 0.268 e. The zero-order chi connectivity index (χ0) is 17.3. The molecule has 0 bridgehead atoms. The summed E-state index contributed by atoms with van der Waals surface area (Å²) in [6.07, 6.45) is 0.219. The quantitative estimate of drug-likeness (QED) is 0.773. The van der Waals surface area contributed by atoms with E-state index in [0.717, 1.165) is 9.71 Å². The average Bonchev–Trinajstić information content (AvgIpc) is 3.11. The Bertz CT molecular complexity index is 933. The van der Waals surface area contributed by atoms with Gasteiger partial charge < -0.3 is 5.32 Å². The van der Waals surface area contributed by atoms with Crippen molar-refractivity contribution in [3.63, 3.8) is 0 Å². The minimum absolute atomic E-state index is 0.0469. The number of carbonyl (C=O) groups is 1. The van der Waals surface area contributed by atoms with E-state index in [-0.39, 0.29) is 23.3 Å². The van der Waals surface area contributed by atoms with Crippen molar-refractivity contribution in [2.24, 2.45) is 0 Å². The van der Waals surface area contributed by atoms with Crippen molar-refractivity contribution in [3.05, 3.63) is 39.6 Å². The van der Waals surface area contributed by atoms with Crippen LogP contribution in [0.4, 0.5) is 5.13 Å². The third-order valence-electron chi connectivity index (χ3n) is 3.41. The number of carbonyl (C=O) groups excluding carboxylic acids is 1. The number of anilines is 1. The average molecular weight is 362 g/mol. The largest absolute Gasteiger partial charge is 0.300 e. The molecule has 0 saturated heterocycles. The van der Waals surface area contributed by atoms with Crippen molar-refractivity contribution in [1.82, 2.24) is 14.2 Å². The number of hydrogen-bond acceptors (Lipinski definition) is 6. The summed E-state index contributed by atoms with van der Waals surface area (Å²) in [4.78, 5) is 24.3. The zero-order valence-corrected chi connectivity index (χ0v) is 15.3. The van der Waals surface area contributed by atoms with Crippen LogP contribution >= 0.6 is 22.9 Å². The lowest BCUT2D eigenvalue weighted by molar-refractivity contribution is -0.116. The predicted molar refractivity (Wildman–Crippen MR) is 97.9 cm³/mol. The van der Waals surface area contributed by atoms with Crippen LogP contribution in [0.2, 0.25) is 0 Å². The molecule has 126 valence electrons. The van der Waals surface area contributed by atoms with Gasteiger partial charge in [0.1, 0.15) is 5.01 Å². The van der Waals surface area contributed by atoms with Crippen LogP contribution in [0.15, 0.2) is 29.1 Å². The summed E-state index contributed by atoms with van der Waals surface area (Å²) in [6, 6.07) is 7.46. The van der Waals surface area contributed by atoms with Crippen molar-refractivity contribution >= 4 is 44.0 Å². The molecule has 1 N–H and O–H groups in total. The van der Waals surface area contributed by atoms with Crippen LogP contribution in [-0.4, -0.2) is 20.1 Å². The lowest BCUT2D eigenvalue weighted by Gasteiger charge is -2.12. The van der Waals surface area contributed by atoms with Gasteiger partial charge in [-0.15, -0.1) is 10.2 Å². The van der Waals surface area contributed by atoms with E-state index in [4.69, 9.17) is 0 Å². The van der Waals surface area contributed by atoms with E-state index in [2.05, 4.69) is 15.5 Å². The number of rotatable bonds is 4. The highest BCUT2D eigenvalue weighted by molar-refractivity contribution is 7.15. The van der Waals surface area contributed by atoms with Gasteiger partial charge in [0.2, 0.25) is 11.0 Å². The van der Waals surface area contributed by atoms with Crippen LogP contribution < -0.4 is 10.9 Å². The Labute approximate surface area is 147 Å². The lowest BCUT2D eigenvalue weighted by Crippen LogP contribution is -2.18. The summed E-state index contributed by atoms with van der Waals surface area (Å²) in [7, 11) is 0. The molecule has 1 aromatic carbocycles. The molecule has 0 aliphatic heterocycles. The SMILES string of the molecule is CC(C)(C)c1nnc(NC(=O)CCn2sc3ccccc3c2=O)s1. The molecule has 0 radical (unpaired) electrons. The number of aryl methyl sites for hydroxylation is 1. The number of amides is 1. The van der Waals surface area contributed by atoms with Crippen LogP contribution in [0.5, 0.6) is 0 Å². The second kappa shape index (κ2) is 6.45. The van der Waals surface area contributed by atoms with Crippen LogP contribution in [0, 0.1) is 0 Å². The van der Waals surface area contributed by atoms with E-state index < -0.39 is 0 Å². The minimum Gasteiger partial charge on any atom is -0.300 e. The fraction of sp³-hybridized carbons (Fsp3) is 0.375. The van der Waals surface area contributed by atoms with Gasteiger partial charge in [0.15, 0.2) is 0 Å². The molecule has 3 rings (SSSR count). The fourth-order valence-corrected chi connectivity index (χ4v) is 3.94. The summed E-state index contributed by atoms with van der Waals surface area (Å²) < 4.78 is 2.55. The molecule has 0 saturated carbocycles. The summed E-state index contributed by atoms with van der Waals surface area (Å²) >= 11 is 2.76. The van der Waals surface area contributed by atoms with Gasteiger partial charge in [-0.3, -0.25) is 13.5 Å². The highest BCUT2D eigenvalue weighted by atomic mass is 32.1. The Kier molecular flexibility index (Phi) is 4.51. The highest BCUT2D eigenvalue weighted by Gasteiger charge is 2.20. The third kappa shape index (κ3) is 3.54. The van der Waals surface area contributed by atoms with E-state index in [0.29, 0.717) is 17.1 Å². The maximum Gasteiger partial charge on any atom is 0.268 e. The molecule has 0 spiro atoms. The van der Waals surface area contributed by atoms with Crippen molar-refractivity contribution in [1.29, 1.82) is 0 Å². The monoisotopic (exact) mass is 362 g/mol. The van der Waals surface area contributed by atoms with Gasteiger partial charge in [0, 0.05) is 18.4 Å². The first-order valence-electron chi connectivity index (χ1n) is 7.57. The zero-order valence-electron chi connectivity index (χ0n) is 13.7. The Balaban J connectivity index is 1.64. The summed E-state index contributed by atoms with van der Waals surface area (Å²) in [5.74, 6) is -0.170. The maximum absolute atomic E-state index is 12.2. The van der Waals surface area contributed by atoms with Gasteiger partial charge in [-0.25, -0.2) is 0 Å². The first-order chi connectivity index (χ1) is 11.3. The topological polar surface area (TPSA) is 76.9 Å². The molecule has 6 nitrogen and oxygen atoms in total. The molecule has 2 heterocycles. The number of nitrogens with one attached hydrogen (secondary N) is 1. The molecule has 8 heteroatoms. The second-order valence-corrected chi connectivity index (χ2v) is 8.50. The van der Waals surface area contributed by atoms with E-state index in [1.54, 1.807) is 10.0 Å². The molecule has 0 fully saturated rings. The molecule has 0 unspecified atom stereocenters. The summed E-state index contributed by atoms with van der Waals surface area (Å²) in [6.45, 7) is 6.50. The molecule has 0 atom stereocenters. The number of hydrogen-bond donors (Lipinski definition) is 1. The molecular weight excluding hydrogens is 344 g/mol. The van der Waals surface area contributed by atoms with Gasteiger partial charge in [-0.2, -0.15) is 0 Å². The van der Waals surface area contributed by atoms with Crippen molar-refractivity contribution in [2.75, 3.05) is 5.32 Å². The van der Waals surface area contributed by atoms with Gasteiger partial charge in [-0.1, -0.05) is 55.8 Å². The Morgan fingerprint density at radius 2 is 2.00 bits per heavy atom. The predicted octanol–water partition coefficient (Wildman–Crippen LogP) is 3.24. The van der Waals surface area contributed by atoms with E-state index >= 15 is 0 Å². The molecule has 24 heavy (non-hydrogen) atoms. The number of aromatic nitrogens is 3. The molecule has 0 aliphatic rings.